The minimum Gasteiger partial charge on any atom is -0.372 e. The van der Waals surface area contributed by atoms with Gasteiger partial charge in [-0.1, -0.05) is 50.6 Å². The van der Waals surface area contributed by atoms with Gasteiger partial charge in [-0.05, 0) is 24.5 Å². The second kappa shape index (κ2) is 6.80. The first-order valence-electron chi connectivity index (χ1n) is 7.52. The van der Waals surface area contributed by atoms with Gasteiger partial charge in [-0.2, -0.15) is 0 Å². The number of carbonyl (C=O) groups excluding carboxylic acids is 1. The predicted molar refractivity (Wildman–Crippen MR) is 85.3 cm³/mol. The Hall–Kier alpha value is -1.06. The van der Waals surface area contributed by atoms with E-state index in [2.05, 4.69) is 0 Å². The van der Waals surface area contributed by atoms with E-state index in [1.165, 1.54) is 0 Å². The molecule has 1 fully saturated rings. The first-order valence-corrected chi connectivity index (χ1v) is 7.90. The van der Waals surface area contributed by atoms with Crippen LogP contribution in [0.15, 0.2) is 24.3 Å². The van der Waals surface area contributed by atoms with Crippen molar-refractivity contribution < 1.29 is 9.53 Å². The first-order chi connectivity index (χ1) is 9.88. The van der Waals surface area contributed by atoms with Crippen LogP contribution < -0.4 is 0 Å². The fraction of sp³-hybridized carbons (Fsp3) is 0.588. The third-order valence-corrected chi connectivity index (χ3v) is 4.11. The molecule has 0 spiro atoms. The molecule has 2 rings (SSSR count). The predicted octanol–water partition coefficient (Wildman–Crippen LogP) is 3.89. The molecule has 0 N–H and O–H groups in total. The Labute approximate surface area is 132 Å². The van der Waals surface area contributed by atoms with Crippen LogP contribution in [-0.2, 0) is 16.1 Å². The molecule has 1 aliphatic heterocycles. The molecule has 1 saturated heterocycles. The maximum atomic E-state index is 12.3. The number of hydrogen-bond donors (Lipinski definition) is 0. The molecule has 1 aromatic rings. The number of ether oxygens (including phenoxy) is 1. The van der Waals surface area contributed by atoms with E-state index in [0.717, 1.165) is 30.0 Å². The molecule has 1 amide bonds. The fourth-order valence-corrected chi connectivity index (χ4v) is 2.75. The van der Waals surface area contributed by atoms with Gasteiger partial charge in [0.1, 0.15) is 0 Å². The molecule has 0 radical (unpaired) electrons. The SMILES string of the molecule is CC(C)(C)C(=O)N1CCCC(OCc2ccccc2Cl)C1. The van der Waals surface area contributed by atoms with Crippen molar-refractivity contribution in [2.75, 3.05) is 13.1 Å². The van der Waals surface area contributed by atoms with Gasteiger partial charge in [0.2, 0.25) is 5.91 Å². The van der Waals surface area contributed by atoms with Crippen LogP contribution in [0.25, 0.3) is 0 Å². The Bertz CT molecular complexity index is 496. The van der Waals surface area contributed by atoms with Crippen LogP contribution in [0.4, 0.5) is 0 Å². The van der Waals surface area contributed by atoms with Gasteiger partial charge in [0, 0.05) is 23.5 Å². The monoisotopic (exact) mass is 309 g/mol. The Balaban J connectivity index is 1.90. The van der Waals surface area contributed by atoms with Gasteiger partial charge in [-0.15, -0.1) is 0 Å². The van der Waals surface area contributed by atoms with Gasteiger partial charge in [0.05, 0.1) is 12.7 Å². The van der Waals surface area contributed by atoms with E-state index in [4.69, 9.17) is 16.3 Å². The highest BCUT2D eigenvalue weighted by Gasteiger charge is 2.31. The summed E-state index contributed by atoms with van der Waals surface area (Å²) in [6, 6.07) is 7.72. The van der Waals surface area contributed by atoms with E-state index >= 15 is 0 Å². The van der Waals surface area contributed by atoms with Crippen LogP contribution in [0.1, 0.15) is 39.2 Å². The summed E-state index contributed by atoms with van der Waals surface area (Å²) in [4.78, 5) is 14.3. The Morgan fingerprint density at radius 3 is 2.76 bits per heavy atom. The molecule has 0 bridgehead atoms. The van der Waals surface area contributed by atoms with Crippen LogP contribution in [0, 0.1) is 5.41 Å². The standard InChI is InChI=1S/C17H24ClNO2/c1-17(2,3)16(20)19-10-6-8-14(11-19)21-12-13-7-4-5-9-15(13)18/h4-5,7,9,14H,6,8,10-12H2,1-3H3. The zero-order valence-corrected chi connectivity index (χ0v) is 13.8. The summed E-state index contributed by atoms with van der Waals surface area (Å²) in [6.45, 7) is 7.90. The van der Waals surface area contributed by atoms with Gasteiger partial charge < -0.3 is 9.64 Å². The Kier molecular flexibility index (Phi) is 5.28. The van der Waals surface area contributed by atoms with Gasteiger partial charge in [-0.25, -0.2) is 0 Å². The number of piperidine rings is 1. The number of nitrogens with zero attached hydrogens (tertiary/aromatic N) is 1. The van der Waals surface area contributed by atoms with E-state index < -0.39 is 0 Å². The lowest BCUT2D eigenvalue weighted by atomic mass is 9.93. The average molecular weight is 310 g/mol. The molecular weight excluding hydrogens is 286 g/mol. The lowest BCUT2D eigenvalue weighted by Gasteiger charge is -2.36. The van der Waals surface area contributed by atoms with Gasteiger partial charge >= 0.3 is 0 Å². The normalized spacial score (nSPS) is 19.6. The van der Waals surface area contributed by atoms with Crippen molar-refractivity contribution in [3.63, 3.8) is 0 Å². The van der Waals surface area contributed by atoms with E-state index in [-0.39, 0.29) is 17.4 Å². The molecule has 1 heterocycles. The van der Waals surface area contributed by atoms with E-state index in [9.17, 15) is 4.79 Å². The molecule has 0 saturated carbocycles. The van der Waals surface area contributed by atoms with Gasteiger partial charge in [-0.3, -0.25) is 4.79 Å². The smallest absolute Gasteiger partial charge is 0.228 e. The molecule has 116 valence electrons. The second-order valence-electron chi connectivity index (χ2n) is 6.67. The summed E-state index contributed by atoms with van der Waals surface area (Å²) in [5.41, 5.74) is 0.670. The highest BCUT2D eigenvalue weighted by atomic mass is 35.5. The molecule has 21 heavy (non-hydrogen) atoms. The zero-order chi connectivity index (χ0) is 15.5. The van der Waals surface area contributed by atoms with Crippen molar-refractivity contribution in [1.82, 2.24) is 4.90 Å². The second-order valence-corrected chi connectivity index (χ2v) is 7.08. The van der Waals surface area contributed by atoms with Crippen LogP contribution in [0.3, 0.4) is 0 Å². The quantitative estimate of drug-likeness (QED) is 0.847. The maximum Gasteiger partial charge on any atom is 0.228 e. The number of likely N-dealkylation sites (tertiary alicyclic amines) is 1. The van der Waals surface area contributed by atoms with Crippen molar-refractivity contribution in [2.45, 2.75) is 46.3 Å². The van der Waals surface area contributed by atoms with Crippen LogP contribution >= 0.6 is 11.6 Å². The largest absolute Gasteiger partial charge is 0.372 e. The highest BCUT2D eigenvalue weighted by molar-refractivity contribution is 6.31. The molecule has 1 aliphatic rings. The average Bonchev–Trinajstić information content (AvgIpc) is 2.45. The summed E-state index contributed by atoms with van der Waals surface area (Å²) in [6.07, 6.45) is 2.09. The van der Waals surface area contributed by atoms with Gasteiger partial charge in [0.15, 0.2) is 0 Å². The van der Waals surface area contributed by atoms with Crippen molar-refractivity contribution in [3.05, 3.63) is 34.9 Å². The maximum absolute atomic E-state index is 12.3. The minimum absolute atomic E-state index is 0.0984. The lowest BCUT2D eigenvalue weighted by molar-refractivity contribution is -0.143. The number of halogens is 1. The topological polar surface area (TPSA) is 29.5 Å². The fourth-order valence-electron chi connectivity index (χ4n) is 2.56. The molecule has 3 nitrogen and oxygen atoms in total. The minimum atomic E-state index is -0.329. The Morgan fingerprint density at radius 2 is 2.10 bits per heavy atom. The molecular formula is C17H24ClNO2. The van der Waals surface area contributed by atoms with Crippen molar-refractivity contribution in [1.29, 1.82) is 0 Å². The van der Waals surface area contributed by atoms with Crippen molar-refractivity contribution >= 4 is 17.5 Å². The molecule has 0 aliphatic carbocycles. The lowest BCUT2D eigenvalue weighted by Crippen LogP contribution is -2.47. The molecule has 0 aromatic heterocycles. The van der Waals surface area contributed by atoms with E-state index in [1.54, 1.807) is 0 Å². The number of benzene rings is 1. The molecule has 1 atom stereocenters. The molecule has 1 unspecified atom stereocenters. The number of hydrogen-bond acceptors (Lipinski definition) is 2. The van der Waals surface area contributed by atoms with E-state index in [0.29, 0.717) is 13.2 Å². The Morgan fingerprint density at radius 1 is 1.38 bits per heavy atom. The summed E-state index contributed by atoms with van der Waals surface area (Å²) in [5, 5.41) is 0.732. The number of rotatable bonds is 3. The highest BCUT2D eigenvalue weighted by Crippen LogP contribution is 2.23. The van der Waals surface area contributed by atoms with Crippen LogP contribution in [0.5, 0.6) is 0 Å². The van der Waals surface area contributed by atoms with Crippen LogP contribution in [0.2, 0.25) is 5.02 Å². The number of amides is 1. The third-order valence-electron chi connectivity index (χ3n) is 3.74. The summed E-state index contributed by atoms with van der Waals surface area (Å²) >= 11 is 6.14. The van der Waals surface area contributed by atoms with Gasteiger partial charge in [0.25, 0.3) is 0 Å². The van der Waals surface area contributed by atoms with Crippen LogP contribution in [-0.4, -0.2) is 30.0 Å². The third kappa shape index (κ3) is 4.45. The van der Waals surface area contributed by atoms with Crippen molar-refractivity contribution in [2.24, 2.45) is 5.41 Å². The molecule has 1 aromatic carbocycles. The van der Waals surface area contributed by atoms with Crippen molar-refractivity contribution in [3.8, 4) is 0 Å². The summed E-state index contributed by atoms with van der Waals surface area (Å²) in [5.74, 6) is 0.202. The summed E-state index contributed by atoms with van der Waals surface area (Å²) in [7, 11) is 0. The zero-order valence-electron chi connectivity index (χ0n) is 13.1. The molecule has 4 heteroatoms. The van der Waals surface area contributed by atoms with E-state index in [1.807, 2.05) is 49.9 Å². The summed E-state index contributed by atoms with van der Waals surface area (Å²) < 4.78 is 5.96. The number of carbonyl (C=O) groups is 1. The first kappa shape index (κ1) is 16.3.